The minimum atomic E-state index is -0.140. The average Bonchev–Trinajstić information content (AvgIpc) is 3.28. The van der Waals surface area contributed by atoms with Gasteiger partial charge in [-0.15, -0.1) is 0 Å². The number of para-hydroxylation sites is 1. The third kappa shape index (κ3) is 3.90. The molecule has 5 aromatic rings. The van der Waals surface area contributed by atoms with E-state index >= 15 is 0 Å². The summed E-state index contributed by atoms with van der Waals surface area (Å²) in [4.78, 5) is 28.9. The molecule has 0 unspecified atom stereocenters. The summed E-state index contributed by atoms with van der Waals surface area (Å²) in [5.41, 5.74) is 3.76. The number of rotatable bonds is 6. The van der Waals surface area contributed by atoms with Crippen molar-refractivity contribution in [2.75, 3.05) is 11.5 Å². The number of thiazole rings is 1. The smallest absolute Gasteiger partial charge is 0.260 e. The number of benzene rings is 3. The lowest BCUT2D eigenvalue weighted by molar-refractivity contribution is 0.0985. The zero-order chi connectivity index (χ0) is 21.9. The molecule has 0 bridgehead atoms. The van der Waals surface area contributed by atoms with Crippen molar-refractivity contribution >= 4 is 43.6 Å². The monoisotopic (exact) mass is 440 g/mol. The van der Waals surface area contributed by atoms with E-state index < -0.39 is 0 Å². The zero-order valence-corrected chi connectivity index (χ0v) is 18.2. The Morgan fingerprint density at radius 1 is 0.969 bits per heavy atom. The van der Waals surface area contributed by atoms with Crippen LogP contribution in [-0.4, -0.2) is 27.5 Å². The number of carbonyl (C=O) groups excluding carboxylic acids is 1. The first kappa shape index (κ1) is 20.1. The van der Waals surface area contributed by atoms with E-state index in [1.165, 1.54) is 11.3 Å². The van der Waals surface area contributed by atoms with E-state index in [2.05, 4.69) is 9.97 Å². The summed E-state index contributed by atoms with van der Waals surface area (Å²) in [7, 11) is 0. The van der Waals surface area contributed by atoms with Crippen LogP contribution in [-0.2, 0) is 6.54 Å². The maximum absolute atomic E-state index is 13.7. The predicted octanol–water partition coefficient (Wildman–Crippen LogP) is 5.49. The van der Waals surface area contributed by atoms with Gasteiger partial charge in [0.25, 0.3) is 5.91 Å². The van der Waals surface area contributed by atoms with E-state index in [1.807, 2.05) is 61.5 Å². The molecule has 0 atom stereocenters. The first-order valence-corrected chi connectivity index (χ1v) is 11.1. The van der Waals surface area contributed by atoms with Crippen LogP contribution in [0.25, 0.3) is 21.3 Å². The van der Waals surface area contributed by atoms with Gasteiger partial charge in [0.15, 0.2) is 5.13 Å². The van der Waals surface area contributed by atoms with Gasteiger partial charge in [-0.3, -0.25) is 19.7 Å². The molecule has 1 amide bonds. The SMILES string of the molecule is CCOc1cccc2sc(N(Cc3ccccc3)C(=O)c3ccc4nccnc4c3)nc12. The topological polar surface area (TPSA) is 68.2 Å². The van der Waals surface area contributed by atoms with Gasteiger partial charge in [0.05, 0.1) is 28.9 Å². The average molecular weight is 441 g/mol. The molecule has 0 aliphatic carbocycles. The Hall–Kier alpha value is -3.84. The number of aromatic nitrogens is 3. The van der Waals surface area contributed by atoms with Gasteiger partial charge in [-0.05, 0) is 42.8 Å². The number of carbonyl (C=O) groups is 1. The van der Waals surface area contributed by atoms with Crippen LogP contribution < -0.4 is 9.64 Å². The van der Waals surface area contributed by atoms with E-state index in [9.17, 15) is 4.79 Å². The quantitative estimate of drug-likeness (QED) is 0.349. The minimum absolute atomic E-state index is 0.140. The summed E-state index contributed by atoms with van der Waals surface area (Å²) < 4.78 is 6.72. The van der Waals surface area contributed by atoms with E-state index in [-0.39, 0.29) is 5.91 Å². The maximum atomic E-state index is 13.7. The molecule has 2 aromatic heterocycles. The Labute approximate surface area is 189 Å². The maximum Gasteiger partial charge on any atom is 0.260 e. The number of amides is 1. The molecule has 0 saturated heterocycles. The van der Waals surface area contributed by atoms with Crippen molar-refractivity contribution in [1.82, 2.24) is 15.0 Å². The molecule has 0 fully saturated rings. The molecule has 0 aliphatic rings. The minimum Gasteiger partial charge on any atom is -0.492 e. The van der Waals surface area contributed by atoms with Gasteiger partial charge in [0.2, 0.25) is 0 Å². The van der Waals surface area contributed by atoms with Crippen molar-refractivity contribution in [3.63, 3.8) is 0 Å². The molecule has 3 aromatic carbocycles. The van der Waals surface area contributed by atoms with Gasteiger partial charge in [0, 0.05) is 18.0 Å². The molecule has 5 rings (SSSR count). The number of hydrogen-bond acceptors (Lipinski definition) is 6. The van der Waals surface area contributed by atoms with Crippen molar-refractivity contribution in [3.8, 4) is 5.75 Å². The van der Waals surface area contributed by atoms with E-state index in [0.717, 1.165) is 27.0 Å². The van der Waals surface area contributed by atoms with Gasteiger partial charge >= 0.3 is 0 Å². The fraction of sp³-hybridized carbons (Fsp3) is 0.120. The standard InChI is InChI=1S/C25H20N4O2S/c1-2-31-21-9-6-10-22-23(21)28-25(32-22)29(16-17-7-4-3-5-8-17)24(30)18-11-12-19-20(15-18)27-14-13-26-19/h3-15H,2,16H2,1H3. The normalized spacial score (nSPS) is 11.0. The number of fused-ring (bicyclic) bond motifs is 2. The zero-order valence-electron chi connectivity index (χ0n) is 17.4. The molecule has 32 heavy (non-hydrogen) atoms. The lowest BCUT2D eigenvalue weighted by Crippen LogP contribution is -2.30. The predicted molar refractivity (Wildman–Crippen MR) is 127 cm³/mol. The second kappa shape index (κ2) is 8.72. The summed E-state index contributed by atoms with van der Waals surface area (Å²) >= 11 is 1.48. The van der Waals surface area contributed by atoms with Gasteiger partial charge in [-0.1, -0.05) is 47.7 Å². The molecule has 158 valence electrons. The first-order chi connectivity index (χ1) is 15.7. The van der Waals surface area contributed by atoms with Crippen LogP contribution in [0.15, 0.2) is 79.1 Å². The third-order valence-corrected chi connectivity index (χ3v) is 6.09. The fourth-order valence-electron chi connectivity index (χ4n) is 3.54. The highest BCUT2D eigenvalue weighted by atomic mass is 32.1. The third-order valence-electron chi connectivity index (χ3n) is 5.05. The van der Waals surface area contributed by atoms with Crippen LogP contribution in [0, 0.1) is 0 Å². The number of anilines is 1. The lowest BCUT2D eigenvalue weighted by Gasteiger charge is -2.20. The van der Waals surface area contributed by atoms with Crippen molar-refractivity contribution < 1.29 is 9.53 Å². The van der Waals surface area contributed by atoms with Gasteiger partial charge < -0.3 is 4.74 Å². The van der Waals surface area contributed by atoms with Crippen LogP contribution in [0.2, 0.25) is 0 Å². The van der Waals surface area contributed by atoms with Gasteiger partial charge in [-0.2, -0.15) is 0 Å². The Balaban J connectivity index is 1.59. The molecule has 0 aliphatic heterocycles. The highest BCUT2D eigenvalue weighted by Crippen LogP contribution is 2.35. The van der Waals surface area contributed by atoms with Gasteiger partial charge in [-0.25, -0.2) is 4.98 Å². The van der Waals surface area contributed by atoms with Crippen LogP contribution in [0.5, 0.6) is 5.75 Å². The molecule has 0 saturated carbocycles. The van der Waals surface area contributed by atoms with Crippen LogP contribution in [0.1, 0.15) is 22.8 Å². The second-order valence-electron chi connectivity index (χ2n) is 7.17. The van der Waals surface area contributed by atoms with Gasteiger partial charge in [0.1, 0.15) is 11.3 Å². The summed E-state index contributed by atoms with van der Waals surface area (Å²) in [5.74, 6) is 0.582. The number of nitrogens with zero attached hydrogens (tertiary/aromatic N) is 4. The largest absolute Gasteiger partial charge is 0.492 e. The first-order valence-electron chi connectivity index (χ1n) is 10.3. The van der Waals surface area contributed by atoms with Crippen molar-refractivity contribution in [2.45, 2.75) is 13.5 Å². The molecular formula is C25H20N4O2S. The summed E-state index contributed by atoms with van der Waals surface area (Å²) in [6.45, 7) is 2.90. The van der Waals surface area contributed by atoms with E-state index in [0.29, 0.717) is 29.4 Å². The Morgan fingerprint density at radius 3 is 2.59 bits per heavy atom. The molecule has 0 radical (unpaired) electrons. The van der Waals surface area contributed by atoms with Crippen molar-refractivity contribution in [2.24, 2.45) is 0 Å². The van der Waals surface area contributed by atoms with E-state index in [4.69, 9.17) is 9.72 Å². The number of hydrogen-bond donors (Lipinski definition) is 0. The molecule has 0 N–H and O–H groups in total. The Bertz CT molecular complexity index is 1400. The van der Waals surface area contributed by atoms with E-state index in [1.54, 1.807) is 29.4 Å². The summed E-state index contributed by atoms with van der Waals surface area (Å²) in [6.07, 6.45) is 3.27. The highest BCUT2D eigenvalue weighted by Gasteiger charge is 2.23. The highest BCUT2D eigenvalue weighted by molar-refractivity contribution is 7.22. The summed E-state index contributed by atoms with van der Waals surface area (Å²) in [6, 6.07) is 21.1. The van der Waals surface area contributed by atoms with Crippen LogP contribution >= 0.6 is 11.3 Å². The lowest BCUT2D eigenvalue weighted by atomic mass is 10.1. The Morgan fingerprint density at radius 2 is 1.78 bits per heavy atom. The van der Waals surface area contributed by atoms with Crippen molar-refractivity contribution in [3.05, 3.63) is 90.3 Å². The Kier molecular flexibility index (Phi) is 5.47. The van der Waals surface area contributed by atoms with Crippen LogP contribution in [0.4, 0.5) is 5.13 Å². The molecule has 7 heteroatoms. The van der Waals surface area contributed by atoms with Crippen molar-refractivity contribution in [1.29, 1.82) is 0 Å². The van der Waals surface area contributed by atoms with Crippen LogP contribution in [0.3, 0.4) is 0 Å². The number of ether oxygens (including phenoxy) is 1. The summed E-state index contributed by atoms with van der Waals surface area (Å²) in [5, 5.41) is 0.625. The molecule has 6 nitrogen and oxygen atoms in total. The second-order valence-corrected chi connectivity index (χ2v) is 8.18. The fourth-order valence-corrected chi connectivity index (χ4v) is 4.52. The molecule has 2 heterocycles. The molecular weight excluding hydrogens is 420 g/mol. The molecule has 0 spiro atoms.